The molecule has 1 aromatic carbocycles. The monoisotopic (exact) mass is 289 g/mol. The second-order valence-corrected chi connectivity index (χ2v) is 4.87. The fourth-order valence-corrected chi connectivity index (χ4v) is 2.53. The maximum Gasteiger partial charge on any atom is 0.200 e. The van der Waals surface area contributed by atoms with E-state index in [4.69, 9.17) is 20.8 Å². The number of aromatic amines is 1. The predicted octanol–water partition coefficient (Wildman–Crippen LogP) is 3.76. The summed E-state index contributed by atoms with van der Waals surface area (Å²) in [5, 5.41) is 0.910. The lowest BCUT2D eigenvalue weighted by molar-refractivity contribution is 0.415. The summed E-state index contributed by atoms with van der Waals surface area (Å²) in [6.45, 7) is 1.83. The van der Waals surface area contributed by atoms with Gasteiger partial charge >= 0.3 is 0 Å². The Hall–Kier alpha value is -2.20. The summed E-state index contributed by atoms with van der Waals surface area (Å²) in [4.78, 5) is 15.8. The number of halogens is 1. The maximum absolute atomic E-state index is 12.6. The minimum atomic E-state index is -0.115. The van der Waals surface area contributed by atoms with Crippen molar-refractivity contribution in [2.24, 2.45) is 0 Å². The highest BCUT2D eigenvalue weighted by molar-refractivity contribution is 6.32. The summed E-state index contributed by atoms with van der Waals surface area (Å²) in [6.07, 6.45) is 1.54. The number of hydrogen-bond acceptors (Lipinski definition) is 3. The number of aryl methyl sites for hydroxylation is 1. The number of ether oxygens (including phenoxy) is 1. The van der Waals surface area contributed by atoms with Gasteiger partial charge < -0.3 is 14.1 Å². The van der Waals surface area contributed by atoms with E-state index in [1.54, 1.807) is 30.5 Å². The first kappa shape index (κ1) is 12.8. The van der Waals surface area contributed by atoms with Crippen molar-refractivity contribution in [1.29, 1.82) is 0 Å². The molecule has 3 rings (SSSR count). The largest absolute Gasteiger partial charge is 0.495 e. The van der Waals surface area contributed by atoms with Gasteiger partial charge in [0.1, 0.15) is 11.5 Å². The molecule has 4 nitrogen and oxygen atoms in total. The first-order valence-corrected chi connectivity index (χ1v) is 6.43. The van der Waals surface area contributed by atoms with Crippen molar-refractivity contribution in [3.8, 4) is 17.1 Å². The Morgan fingerprint density at radius 1 is 1.35 bits per heavy atom. The normalized spacial score (nSPS) is 10.9. The van der Waals surface area contributed by atoms with Crippen LogP contribution < -0.4 is 10.2 Å². The van der Waals surface area contributed by atoms with E-state index in [0.717, 1.165) is 5.69 Å². The van der Waals surface area contributed by atoms with Gasteiger partial charge in [-0.25, -0.2) is 0 Å². The highest BCUT2D eigenvalue weighted by atomic mass is 35.5. The van der Waals surface area contributed by atoms with Crippen molar-refractivity contribution >= 4 is 22.5 Å². The number of rotatable bonds is 2. The zero-order chi connectivity index (χ0) is 14.3. The van der Waals surface area contributed by atoms with Crippen molar-refractivity contribution in [2.75, 3.05) is 7.11 Å². The van der Waals surface area contributed by atoms with Gasteiger partial charge in [0.25, 0.3) is 0 Å². The van der Waals surface area contributed by atoms with E-state index < -0.39 is 0 Å². The first-order chi connectivity index (χ1) is 9.61. The van der Waals surface area contributed by atoms with Gasteiger partial charge in [-0.15, -0.1) is 0 Å². The van der Waals surface area contributed by atoms with Crippen LogP contribution in [0, 0.1) is 6.92 Å². The van der Waals surface area contributed by atoms with Crippen LogP contribution in [0.15, 0.2) is 39.7 Å². The molecule has 2 aromatic heterocycles. The Morgan fingerprint density at radius 2 is 2.15 bits per heavy atom. The lowest BCUT2D eigenvalue weighted by Crippen LogP contribution is -2.09. The van der Waals surface area contributed by atoms with Gasteiger partial charge in [-0.2, -0.15) is 0 Å². The van der Waals surface area contributed by atoms with Crippen LogP contribution in [-0.2, 0) is 0 Å². The summed E-state index contributed by atoms with van der Waals surface area (Å²) < 4.78 is 10.5. The molecular weight excluding hydrogens is 278 g/mol. The molecule has 102 valence electrons. The average Bonchev–Trinajstić information content (AvgIpc) is 2.93. The van der Waals surface area contributed by atoms with Crippen LogP contribution in [0.1, 0.15) is 5.69 Å². The maximum atomic E-state index is 12.6. The van der Waals surface area contributed by atoms with Gasteiger partial charge in [0.15, 0.2) is 0 Å². The zero-order valence-corrected chi connectivity index (χ0v) is 11.7. The molecule has 0 amide bonds. The summed E-state index contributed by atoms with van der Waals surface area (Å²) in [5.74, 6) is 1.07. The molecule has 0 unspecified atom stereocenters. The number of benzene rings is 1. The fourth-order valence-electron chi connectivity index (χ4n) is 2.29. The van der Waals surface area contributed by atoms with Crippen LogP contribution in [-0.4, -0.2) is 12.1 Å². The summed E-state index contributed by atoms with van der Waals surface area (Å²) in [7, 11) is 1.54. The number of H-pyrrole nitrogens is 1. The highest BCUT2D eigenvalue weighted by Crippen LogP contribution is 2.29. The highest BCUT2D eigenvalue weighted by Gasteiger charge is 2.15. The van der Waals surface area contributed by atoms with Crippen molar-refractivity contribution in [1.82, 2.24) is 4.98 Å². The van der Waals surface area contributed by atoms with Crippen molar-refractivity contribution in [3.05, 3.63) is 51.5 Å². The molecule has 0 radical (unpaired) electrons. The van der Waals surface area contributed by atoms with E-state index in [1.165, 1.54) is 7.11 Å². The fraction of sp³-hybridized carbons (Fsp3) is 0.133. The third-order valence-electron chi connectivity index (χ3n) is 3.23. The van der Waals surface area contributed by atoms with Gasteiger partial charge in [0, 0.05) is 17.1 Å². The van der Waals surface area contributed by atoms with E-state index in [-0.39, 0.29) is 5.43 Å². The quantitative estimate of drug-likeness (QED) is 0.781. The van der Waals surface area contributed by atoms with Crippen LogP contribution in [0.4, 0.5) is 0 Å². The van der Waals surface area contributed by atoms with E-state index in [2.05, 4.69) is 4.98 Å². The number of pyridine rings is 1. The van der Waals surface area contributed by atoms with E-state index in [9.17, 15) is 4.79 Å². The smallest absolute Gasteiger partial charge is 0.200 e. The van der Waals surface area contributed by atoms with Crippen LogP contribution in [0.3, 0.4) is 0 Å². The Kier molecular flexibility index (Phi) is 3.03. The second kappa shape index (κ2) is 4.72. The average molecular weight is 290 g/mol. The Labute approximate surface area is 119 Å². The van der Waals surface area contributed by atoms with Crippen LogP contribution in [0.25, 0.3) is 22.2 Å². The van der Waals surface area contributed by atoms with E-state index in [0.29, 0.717) is 33.0 Å². The molecule has 0 saturated carbocycles. The van der Waals surface area contributed by atoms with Crippen LogP contribution in [0.5, 0.6) is 5.75 Å². The summed E-state index contributed by atoms with van der Waals surface area (Å²) in [6, 6.07) is 6.84. The van der Waals surface area contributed by atoms with Gasteiger partial charge in [-0.3, -0.25) is 4.79 Å². The topological polar surface area (TPSA) is 55.2 Å². The molecule has 0 aliphatic carbocycles. The second-order valence-electron chi connectivity index (χ2n) is 4.46. The number of nitrogens with one attached hydrogen (secondary N) is 1. The third-order valence-corrected chi connectivity index (χ3v) is 3.52. The number of aromatic nitrogens is 1. The molecule has 5 heteroatoms. The van der Waals surface area contributed by atoms with Crippen molar-refractivity contribution < 1.29 is 9.15 Å². The van der Waals surface area contributed by atoms with Gasteiger partial charge in [-0.05, 0) is 25.1 Å². The molecule has 0 bridgehead atoms. The van der Waals surface area contributed by atoms with Gasteiger partial charge in [0.05, 0.1) is 29.5 Å². The third kappa shape index (κ3) is 1.89. The van der Waals surface area contributed by atoms with Crippen LogP contribution >= 0.6 is 11.6 Å². The molecule has 20 heavy (non-hydrogen) atoms. The minimum absolute atomic E-state index is 0.115. The van der Waals surface area contributed by atoms with Gasteiger partial charge in [-0.1, -0.05) is 11.6 Å². The molecule has 3 aromatic rings. The molecule has 0 aliphatic rings. The number of methoxy groups -OCH3 is 1. The molecule has 0 saturated heterocycles. The minimum Gasteiger partial charge on any atom is -0.495 e. The SMILES string of the molecule is COc1cc2[nH]c(C)c(-c3ccco3)c(=O)c2cc1Cl. The van der Waals surface area contributed by atoms with Crippen LogP contribution in [0.2, 0.25) is 5.02 Å². The standard InChI is InChI=1S/C15H12ClNO3/c1-8-14(12-4-3-5-20-12)15(18)9-6-10(16)13(19-2)7-11(9)17-8/h3-7H,1-2H3,(H,17,18). The molecule has 2 heterocycles. The first-order valence-electron chi connectivity index (χ1n) is 6.06. The lowest BCUT2D eigenvalue weighted by Gasteiger charge is -2.09. The van der Waals surface area contributed by atoms with E-state index in [1.807, 2.05) is 6.92 Å². The zero-order valence-electron chi connectivity index (χ0n) is 11.0. The van der Waals surface area contributed by atoms with Crippen molar-refractivity contribution in [2.45, 2.75) is 6.92 Å². The van der Waals surface area contributed by atoms with Gasteiger partial charge in [0.2, 0.25) is 5.43 Å². The summed E-state index contributed by atoms with van der Waals surface area (Å²) in [5.41, 5.74) is 1.82. The molecule has 0 atom stereocenters. The predicted molar refractivity (Wildman–Crippen MR) is 78.6 cm³/mol. The Bertz CT molecular complexity index is 834. The molecule has 0 fully saturated rings. The number of fused-ring (bicyclic) bond motifs is 1. The van der Waals surface area contributed by atoms with Crippen molar-refractivity contribution in [3.63, 3.8) is 0 Å². The Balaban J connectivity index is 2.38. The number of furan rings is 1. The molecule has 1 N–H and O–H groups in total. The summed E-state index contributed by atoms with van der Waals surface area (Å²) >= 11 is 6.09. The molecule has 0 aliphatic heterocycles. The Morgan fingerprint density at radius 3 is 2.80 bits per heavy atom. The molecule has 0 spiro atoms. The van der Waals surface area contributed by atoms with E-state index >= 15 is 0 Å². The lowest BCUT2D eigenvalue weighted by atomic mass is 10.1. The molecular formula is C15H12ClNO3. The number of hydrogen-bond donors (Lipinski definition) is 1.